The number of benzene rings is 2. The van der Waals surface area contributed by atoms with E-state index in [0.29, 0.717) is 17.5 Å². The summed E-state index contributed by atoms with van der Waals surface area (Å²) in [6.07, 6.45) is 1.49. The average molecular weight is 403 g/mol. The van der Waals surface area contributed by atoms with Gasteiger partial charge in [-0.05, 0) is 43.0 Å². The second-order valence-corrected chi connectivity index (χ2v) is 8.23. The molecule has 154 valence electrons. The Morgan fingerprint density at radius 2 is 1.73 bits per heavy atom. The van der Waals surface area contributed by atoms with Gasteiger partial charge >= 0.3 is 6.03 Å². The van der Waals surface area contributed by atoms with Gasteiger partial charge in [-0.2, -0.15) is 0 Å². The molecule has 0 saturated carbocycles. The number of hydrogen-bond donors (Lipinski definition) is 1. The number of rotatable bonds is 5. The summed E-state index contributed by atoms with van der Waals surface area (Å²) in [5.41, 5.74) is 3.35. The van der Waals surface area contributed by atoms with Crippen LogP contribution in [0.5, 0.6) is 0 Å². The lowest BCUT2D eigenvalue weighted by Crippen LogP contribution is -2.40. The predicted molar refractivity (Wildman–Crippen MR) is 114 cm³/mol. The summed E-state index contributed by atoms with van der Waals surface area (Å²) in [6, 6.07) is 15.2. The first kappa shape index (κ1) is 19.9. The van der Waals surface area contributed by atoms with Crippen LogP contribution in [-0.2, 0) is 16.9 Å². The van der Waals surface area contributed by atoms with Gasteiger partial charge in [0.1, 0.15) is 11.8 Å². The van der Waals surface area contributed by atoms with Crippen molar-refractivity contribution < 1.29 is 14.0 Å². The zero-order valence-electron chi connectivity index (χ0n) is 17.6. The molecule has 2 heterocycles. The number of hydrogen-bond acceptors (Lipinski definition) is 4. The second kappa shape index (κ2) is 7.44. The molecule has 30 heavy (non-hydrogen) atoms. The third-order valence-electron chi connectivity index (χ3n) is 5.60. The minimum absolute atomic E-state index is 0.0553. The van der Waals surface area contributed by atoms with E-state index in [-0.39, 0.29) is 12.5 Å². The maximum Gasteiger partial charge on any atom is 0.325 e. The van der Waals surface area contributed by atoms with Crippen LogP contribution in [0, 0.1) is 6.92 Å². The minimum Gasteiger partial charge on any atom is -0.444 e. The molecule has 1 saturated heterocycles. The number of imide groups is 1. The molecule has 1 atom stereocenters. The predicted octanol–water partition coefficient (Wildman–Crippen LogP) is 4.74. The molecule has 3 aromatic rings. The smallest absolute Gasteiger partial charge is 0.325 e. The van der Waals surface area contributed by atoms with E-state index in [9.17, 15) is 9.59 Å². The van der Waals surface area contributed by atoms with Gasteiger partial charge in [0.15, 0.2) is 0 Å². The lowest BCUT2D eigenvalue weighted by molar-refractivity contribution is -0.131. The number of amides is 3. The van der Waals surface area contributed by atoms with E-state index < -0.39 is 11.6 Å². The number of nitrogens with zero attached hydrogens (tertiary/aromatic N) is 2. The molecule has 6 heteroatoms. The van der Waals surface area contributed by atoms with Gasteiger partial charge in [-0.3, -0.25) is 9.69 Å². The van der Waals surface area contributed by atoms with Crippen LogP contribution in [0.25, 0.3) is 11.5 Å². The molecule has 1 N–H and O–H groups in total. The summed E-state index contributed by atoms with van der Waals surface area (Å²) in [4.78, 5) is 31.4. The van der Waals surface area contributed by atoms with Crippen LogP contribution in [-0.4, -0.2) is 21.8 Å². The summed E-state index contributed by atoms with van der Waals surface area (Å²) in [6.45, 7) is 8.03. The molecule has 1 aliphatic rings. The Kier molecular flexibility index (Phi) is 4.94. The fraction of sp³-hybridized carbons (Fsp3) is 0.292. The SMILES string of the molecule is Cc1ccc(-c2nc(CN3C(=O)NC(C)(c4ccc(C(C)C)cc4)C3=O)co2)cc1. The number of aromatic nitrogens is 1. The number of urea groups is 1. The molecule has 2 aromatic carbocycles. The van der Waals surface area contributed by atoms with E-state index >= 15 is 0 Å². The van der Waals surface area contributed by atoms with E-state index in [1.807, 2.05) is 55.5 Å². The highest BCUT2D eigenvalue weighted by Gasteiger charge is 2.49. The zero-order chi connectivity index (χ0) is 21.5. The van der Waals surface area contributed by atoms with Gasteiger partial charge in [0.25, 0.3) is 5.91 Å². The van der Waals surface area contributed by atoms with E-state index in [4.69, 9.17) is 4.42 Å². The maximum absolute atomic E-state index is 13.2. The summed E-state index contributed by atoms with van der Waals surface area (Å²) < 4.78 is 5.56. The molecule has 1 fully saturated rings. The Balaban J connectivity index is 1.54. The van der Waals surface area contributed by atoms with Gasteiger partial charge < -0.3 is 9.73 Å². The lowest BCUT2D eigenvalue weighted by Gasteiger charge is -2.22. The molecule has 1 aromatic heterocycles. The highest BCUT2D eigenvalue weighted by Crippen LogP contribution is 2.31. The molecular weight excluding hydrogens is 378 g/mol. The van der Waals surface area contributed by atoms with Crippen molar-refractivity contribution in [3.05, 3.63) is 77.2 Å². The first-order chi connectivity index (χ1) is 14.3. The molecular formula is C24H25N3O3. The third-order valence-corrected chi connectivity index (χ3v) is 5.60. The fourth-order valence-electron chi connectivity index (χ4n) is 3.61. The highest BCUT2D eigenvalue weighted by atomic mass is 16.3. The standard InChI is InChI=1S/C24H25N3O3/c1-15(2)17-9-11-19(12-10-17)24(4)22(28)27(23(29)26-24)13-20-14-30-21(25-20)18-7-5-16(3)6-8-18/h5-12,14-15H,13H2,1-4H3,(H,26,29). The Labute approximate surface area is 175 Å². The summed E-state index contributed by atoms with van der Waals surface area (Å²) in [5, 5.41) is 2.84. The van der Waals surface area contributed by atoms with Crippen LogP contribution in [0.2, 0.25) is 0 Å². The van der Waals surface area contributed by atoms with Gasteiger partial charge in [0, 0.05) is 5.56 Å². The number of nitrogens with one attached hydrogen (secondary N) is 1. The number of oxazole rings is 1. The lowest BCUT2D eigenvalue weighted by atomic mass is 9.90. The van der Waals surface area contributed by atoms with Crippen LogP contribution >= 0.6 is 0 Å². The molecule has 0 radical (unpaired) electrons. The monoisotopic (exact) mass is 403 g/mol. The van der Waals surface area contributed by atoms with Crippen molar-refractivity contribution in [2.75, 3.05) is 0 Å². The van der Waals surface area contributed by atoms with Crippen molar-refractivity contribution in [1.82, 2.24) is 15.2 Å². The minimum atomic E-state index is -1.10. The molecule has 0 aliphatic carbocycles. The quantitative estimate of drug-likeness (QED) is 0.624. The van der Waals surface area contributed by atoms with Crippen LogP contribution in [0.15, 0.2) is 59.2 Å². The number of aryl methyl sites for hydroxylation is 1. The van der Waals surface area contributed by atoms with Crippen molar-refractivity contribution in [3.63, 3.8) is 0 Å². The van der Waals surface area contributed by atoms with Gasteiger partial charge in [-0.15, -0.1) is 0 Å². The fourth-order valence-corrected chi connectivity index (χ4v) is 3.61. The molecule has 0 bridgehead atoms. The van der Waals surface area contributed by atoms with Gasteiger partial charge in [-0.1, -0.05) is 55.8 Å². The van der Waals surface area contributed by atoms with Crippen LogP contribution in [0.1, 0.15) is 49.1 Å². The first-order valence-corrected chi connectivity index (χ1v) is 10.0. The van der Waals surface area contributed by atoms with E-state index in [1.165, 1.54) is 16.7 Å². The van der Waals surface area contributed by atoms with Crippen LogP contribution in [0.4, 0.5) is 4.79 Å². The maximum atomic E-state index is 13.2. The Hall–Kier alpha value is -3.41. The summed E-state index contributed by atoms with van der Waals surface area (Å²) >= 11 is 0. The summed E-state index contributed by atoms with van der Waals surface area (Å²) in [5.74, 6) is 0.556. The molecule has 6 nitrogen and oxygen atoms in total. The molecule has 1 unspecified atom stereocenters. The summed E-state index contributed by atoms with van der Waals surface area (Å²) in [7, 11) is 0. The highest BCUT2D eigenvalue weighted by molar-refractivity contribution is 6.07. The Morgan fingerprint density at radius 3 is 2.37 bits per heavy atom. The average Bonchev–Trinajstić information content (AvgIpc) is 3.28. The topological polar surface area (TPSA) is 75.4 Å². The van der Waals surface area contributed by atoms with Crippen molar-refractivity contribution in [2.24, 2.45) is 0 Å². The van der Waals surface area contributed by atoms with Crippen molar-refractivity contribution >= 4 is 11.9 Å². The van der Waals surface area contributed by atoms with Crippen LogP contribution < -0.4 is 5.32 Å². The molecule has 1 aliphatic heterocycles. The van der Waals surface area contributed by atoms with E-state index in [1.54, 1.807) is 6.92 Å². The number of carbonyl (C=O) groups excluding carboxylic acids is 2. The van der Waals surface area contributed by atoms with E-state index in [0.717, 1.165) is 16.7 Å². The Bertz CT molecular complexity index is 1080. The first-order valence-electron chi connectivity index (χ1n) is 10.0. The normalized spacial score (nSPS) is 18.9. The van der Waals surface area contributed by atoms with Crippen LogP contribution in [0.3, 0.4) is 0 Å². The molecule has 3 amide bonds. The van der Waals surface area contributed by atoms with Crippen molar-refractivity contribution in [2.45, 2.75) is 45.7 Å². The van der Waals surface area contributed by atoms with Gasteiger partial charge in [-0.25, -0.2) is 9.78 Å². The van der Waals surface area contributed by atoms with Gasteiger partial charge in [0.05, 0.1) is 12.2 Å². The zero-order valence-corrected chi connectivity index (χ0v) is 17.6. The number of carbonyl (C=O) groups is 2. The third kappa shape index (κ3) is 3.49. The Morgan fingerprint density at radius 1 is 1.07 bits per heavy atom. The van der Waals surface area contributed by atoms with Crippen molar-refractivity contribution in [1.29, 1.82) is 0 Å². The molecule has 0 spiro atoms. The van der Waals surface area contributed by atoms with Crippen molar-refractivity contribution in [3.8, 4) is 11.5 Å². The second-order valence-electron chi connectivity index (χ2n) is 8.23. The largest absolute Gasteiger partial charge is 0.444 e. The molecule has 4 rings (SSSR count). The van der Waals surface area contributed by atoms with E-state index in [2.05, 4.69) is 24.1 Å². The van der Waals surface area contributed by atoms with Gasteiger partial charge in [0.2, 0.25) is 5.89 Å².